The van der Waals surface area contributed by atoms with Crippen LogP contribution >= 0.6 is 11.3 Å². The van der Waals surface area contributed by atoms with E-state index < -0.39 is 5.97 Å². The summed E-state index contributed by atoms with van der Waals surface area (Å²) >= 11 is 1.77. The molecule has 1 aromatic carbocycles. The summed E-state index contributed by atoms with van der Waals surface area (Å²) in [4.78, 5) is 23.8. The van der Waals surface area contributed by atoms with Crippen LogP contribution in [0.15, 0.2) is 34.3 Å². The number of aryl methyl sites for hydroxylation is 1. The Labute approximate surface area is 194 Å². The first-order chi connectivity index (χ1) is 15.5. The van der Waals surface area contributed by atoms with Gasteiger partial charge in [-0.05, 0) is 82.0 Å². The molecule has 0 spiro atoms. The Bertz CT molecular complexity index is 1000. The van der Waals surface area contributed by atoms with E-state index in [9.17, 15) is 4.79 Å². The second kappa shape index (κ2) is 9.96. The van der Waals surface area contributed by atoms with E-state index in [1.807, 2.05) is 19.2 Å². The molecule has 2 aromatic rings. The molecule has 0 bridgehead atoms. The SMILES string of the molecule is C=Nc1sc2c(c1C(=NC)NC1CCC(N(C)Cc3ccc(C(=O)O)cc3)CC1)CCC2. The molecule has 7 heteroatoms. The summed E-state index contributed by atoms with van der Waals surface area (Å²) in [6.45, 7) is 4.62. The normalized spacial score (nSPS) is 20.9. The first-order valence-electron chi connectivity index (χ1n) is 11.4. The summed E-state index contributed by atoms with van der Waals surface area (Å²) in [5.41, 5.74) is 4.09. The minimum absolute atomic E-state index is 0.336. The molecule has 0 radical (unpaired) electrons. The second-order valence-corrected chi connectivity index (χ2v) is 9.92. The Balaban J connectivity index is 1.33. The molecule has 0 saturated heterocycles. The largest absolute Gasteiger partial charge is 0.478 e. The summed E-state index contributed by atoms with van der Waals surface area (Å²) in [7, 11) is 4.03. The fourth-order valence-corrected chi connectivity index (χ4v) is 6.21. The van der Waals surface area contributed by atoms with Crippen molar-refractivity contribution in [1.82, 2.24) is 10.2 Å². The number of hydrogen-bond donors (Lipinski definition) is 2. The standard InChI is InChI=1S/C25H32N4O2S/c1-26-23(22-20-5-4-6-21(20)32-24(22)27-2)28-18-11-13-19(14-12-18)29(3)15-16-7-9-17(10-8-16)25(30)31/h7-10,18-19H,2,4-6,11-15H2,1,3H3,(H,26,28)(H,30,31). The van der Waals surface area contributed by atoms with Crippen molar-refractivity contribution < 1.29 is 9.90 Å². The summed E-state index contributed by atoms with van der Waals surface area (Å²) in [6, 6.07) is 8.16. The zero-order chi connectivity index (χ0) is 22.7. The van der Waals surface area contributed by atoms with Crippen LogP contribution in [0.1, 0.15) is 64.0 Å². The van der Waals surface area contributed by atoms with E-state index in [1.54, 1.807) is 23.5 Å². The number of fused-ring (bicyclic) bond motifs is 1. The molecule has 1 fully saturated rings. The van der Waals surface area contributed by atoms with E-state index in [2.05, 4.69) is 34.0 Å². The van der Waals surface area contributed by atoms with Crippen LogP contribution in [0, 0.1) is 0 Å². The number of benzene rings is 1. The third-order valence-corrected chi connectivity index (χ3v) is 8.02. The van der Waals surface area contributed by atoms with E-state index >= 15 is 0 Å². The maximum atomic E-state index is 11.0. The molecule has 170 valence electrons. The number of amidine groups is 1. The number of hydrogen-bond acceptors (Lipinski definition) is 5. The average Bonchev–Trinajstić information content (AvgIpc) is 3.39. The Morgan fingerprint density at radius 2 is 1.94 bits per heavy atom. The van der Waals surface area contributed by atoms with Crippen molar-refractivity contribution in [3.63, 3.8) is 0 Å². The number of carboxylic acid groups (broad SMARTS) is 1. The van der Waals surface area contributed by atoms with E-state index in [0.29, 0.717) is 17.6 Å². The van der Waals surface area contributed by atoms with Gasteiger partial charge in [-0.2, -0.15) is 0 Å². The highest BCUT2D eigenvalue weighted by molar-refractivity contribution is 7.16. The van der Waals surface area contributed by atoms with Gasteiger partial charge < -0.3 is 10.4 Å². The molecule has 4 rings (SSSR count). The lowest BCUT2D eigenvalue weighted by atomic mass is 9.89. The smallest absolute Gasteiger partial charge is 0.335 e. The number of nitrogens with zero attached hydrogens (tertiary/aromatic N) is 3. The highest BCUT2D eigenvalue weighted by Crippen LogP contribution is 2.40. The van der Waals surface area contributed by atoms with Gasteiger partial charge in [-0.1, -0.05) is 12.1 Å². The monoisotopic (exact) mass is 452 g/mol. The first kappa shape index (κ1) is 22.7. The van der Waals surface area contributed by atoms with Gasteiger partial charge in [0.15, 0.2) is 0 Å². The van der Waals surface area contributed by atoms with Crippen molar-refractivity contribution in [2.75, 3.05) is 14.1 Å². The molecule has 0 amide bonds. The van der Waals surface area contributed by atoms with Crippen LogP contribution < -0.4 is 5.32 Å². The van der Waals surface area contributed by atoms with Gasteiger partial charge in [-0.3, -0.25) is 14.9 Å². The van der Waals surface area contributed by atoms with Crippen LogP contribution in [-0.4, -0.2) is 54.7 Å². The van der Waals surface area contributed by atoms with Crippen LogP contribution in [0.4, 0.5) is 5.00 Å². The summed E-state index contributed by atoms with van der Waals surface area (Å²) in [5.74, 6) is 0.0937. The minimum Gasteiger partial charge on any atom is -0.478 e. The van der Waals surface area contributed by atoms with Crippen molar-refractivity contribution in [1.29, 1.82) is 0 Å². The van der Waals surface area contributed by atoms with Gasteiger partial charge >= 0.3 is 5.97 Å². The number of rotatable bonds is 7. The molecule has 2 N–H and O–H groups in total. The van der Waals surface area contributed by atoms with Gasteiger partial charge in [0, 0.05) is 30.6 Å². The average molecular weight is 453 g/mol. The molecule has 2 aliphatic rings. The molecule has 0 unspecified atom stereocenters. The zero-order valence-electron chi connectivity index (χ0n) is 18.9. The van der Waals surface area contributed by atoms with Crippen molar-refractivity contribution in [2.24, 2.45) is 9.98 Å². The number of carboxylic acids is 1. The molecular weight excluding hydrogens is 420 g/mol. The lowest BCUT2D eigenvalue weighted by molar-refractivity contribution is 0.0697. The van der Waals surface area contributed by atoms with Crippen LogP contribution in [0.3, 0.4) is 0 Å². The maximum absolute atomic E-state index is 11.0. The second-order valence-electron chi connectivity index (χ2n) is 8.83. The predicted molar refractivity (Wildman–Crippen MR) is 132 cm³/mol. The van der Waals surface area contributed by atoms with E-state index in [0.717, 1.165) is 61.5 Å². The maximum Gasteiger partial charge on any atom is 0.335 e. The molecule has 2 aliphatic carbocycles. The van der Waals surface area contributed by atoms with Gasteiger partial charge in [0.05, 0.1) is 11.1 Å². The van der Waals surface area contributed by atoms with Crippen LogP contribution in [0.5, 0.6) is 0 Å². The quantitative estimate of drug-likeness (QED) is 0.472. The van der Waals surface area contributed by atoms with Crippen LogP contribution in [0.2, 0.25) is 0 Å². The van der Waals surface area contributed by atoms with Gasteiger partial charge in [0.1, 0.15) is 10.8 Å². The number of aliphatic imine (C=N–C) groups is 2. The zero-order valence-corrected chi connectivity index (χ0v) is 19.7. The summed E-state index contributed by atoms with van der Waals surface area (Å²) in [5, 5.41) is 13.8. The lowest BCUT2D eigenvalue weighted by Gasteiger charge is -2.35. The molecular formula is C25H32N4O2S. The van der Waals surface area contributed by atoms with Crippen molar-refractivity contribution in [3.8, 4) is 0 Å². The summed E-state index contributed by atoms with van der Waals surface area (Å²) < 4.78 is 0. The molecule has 6 nitrogen and oxygen atoms in total. The van der Waals surface area contributed by atoms with Crippen LogP contribution in [-0.2, 0) is 19.4 Å². The fourth-order valence-electron chi connectivity index (χ4n) is 5.02. The Morgan fingerprint density at radius 1 is 1.22 bits per heavy atom. The van der Waals surface area contributed by atoms with Crippen molar-refractivity contribution in [3.05, 3.63) is 51.4 Å². The van der Waals surface area contributed by atoms with Gasteiger partial charge in [0.2, 0.25) is 0 Å². The molecule has 0 atom stereocenters. The van der Waals surface area contributed by atoms with Crippen LogP contribution in [0.25, 0.3) is 0 Å². The topological polar surface area (TPSA) is 77.3 Å². The summed E-state index contributed by atoms with van der Waals surface area (Å²) in [6.07, 6.45) is 7.96. The van der Waals surface area contributed by atoms with Gasteiger partial charge in [-0.25, -0.2) is 4.79 Å². The predicted octanol–water partition coefficient (Wildman–Crippen LogP) is 4.68. The Morgan fingerprint density at radius 3 is 2.56 bits per heavy atom. The molecule has 1 aromatic heterocycles. The van der Waals surface area contributed by atoms with Crippen molar-refractivity contribution >= 4 is 34.9 Å². The lowest BCUT2D eigenvalue weighted by Crippen LogP contribution is -2.43. The molecule has 32 heavy (non-hydrogen) atoms. The van der Waals surface area contributed by atoms with E-state index in [4.69, 9.17) is 5.11 Å². The van der Waals surface area contributed by atoms with Gasteiger partial charge in [0.25, 0.3) is 0 Å². The fraction of sp³-hybridized carbons (Fsp3) is 0.480. The molecule has 1 saturated carbocycles. The number of nitrogens with one attached hydrogen (secondary N) is 1. The number of carbonyl (C=O) groups is 1. The number of thiophene rings is 1. The highest BCUT2D eigenvalue weighted by atomic mass is 32.1. The number of aromatic carboxylic acids is 1. The third-order valence-electron chi connectivity index (χ3n) is 6.80. The Kier molecular flexibility index (Phi) is 7.06. The third kappa shape index (κ3) is 4.79. The molecule has 1 heterocycles. The highest BCUT2D eigenvalue weighted by Gasteiger charge is 2.28. The minimum atomic E-state index is -0.880. The van der Waals surface area contributed by atoms with Gasteiger partial charge in [-0.15, -0.1) is 11.3 Å². The first-order valence-corrected chi connectivity index (χ1v) is 12.2. The Hall–Kier alpha value is -2.51. The van der Waals surface area contributed by atoms with Crippen molar-refractivity contribution in [2.45, 2.75) is 63.6 Å². The van der Waals surface area contributed by atoms with E-state index in [-0.39, 0.29) is 0 Å². The van der Waals surface area contributed by atoms with E-state index in [1.165, 1.54) is 22.4 Å². The molecule has 0 aliphatic heterocycles.